The van der Waals surface area contributed by atoms with Crippen LogP contribution in [0.15, 0.2) is 42.5 Å². The summed E-state index contributed by atoms with van der Waals surface area (Å²) < 4.78 is 19.3. The van der Waals surface area contributed by atoms with E-state index in [9.17, 15) is 9.18 Å². The molecule has 0 bridgehead atoms. The third-order valence-corrected chi connectivity index (χ3v) is 5.05. The number of hydrogen-bond acceptors (Lipinski definition) is 4. The average Bonchev–Trinajstić information content (AvgIpc) is 3.15. The molecule has 0 spiro atoms. The number of nitrogens with one attached hydrogen (secondary N) is 2. The van der Waals surface area contributed by atoms with Gasteiger partial charge in [0.2, 0.25) is 0 Å². The topological polar surface area (TPSA) is 79.9 Å². The number of benzene rings is 2. The number of fused-ring (bicyclic) bond motifs is 1. The zero-order valence-corrected chi connectivity index (χ0v) is 14.2. The van der Waals surface area contributed by atoms with Gasteiger partial charge in [0.15, 0.2) is 0 Å². The first-order valence-electron chi connectivity index (χ1n) is 8.59. The highest BCUT2D eigenvalue weighted by Crippen LogP contribution is 2.34. The summed E-state index contributed by atoms with van der Waals surface area (Å²) in [5.74, 6) is -0.870. The molecule has 1 amide bonds. The highest BCUT2D eigenvalue weighted by atomic mass is 19.1. The van der Waals surface area contributed by atoms with Crippen LogP contribution in [0.1, 0.15) is 28.8 Å². The van der Waals surface area contributed by atoms with Gasteiger partial charge in [0.1, 0.15) is 16.9 Å². The van der Waals surface area contributed by atoms with Crippen molar-refractivity contribution in [3.63, 3.8) is 0 Å². The fraction of sp³-hybridized carbons (Fsp3) is 0.316. The first-order valence-corrected chi connectivity index (χ1v) is 8.59. The second-order valence-corrected chi connectivity index (χ2v) is 6.59. The molecule has 4 rings (SSSR count). The summed E-state index contributed by atoms with van der Waals surface area (Å²) in [6.07, 6.45) is 1.64. The molecule has 1 aromatic heterocycles. The molecule has 2 aromatic carbocycles. The van der Waals surface area contributed by atoms with Gasteiger partial charge in [-0.25, -0.2) is 4.39 Å². The minimum atomic E-state index is -0.514. The van der Waals surface area contributed by atoms with Crippen LogP contribution in [-0.2, 0) is 10.2 Å². The second kappa shape index (κ2) is 6.84. The van der Waals surface area contributed by atoms with Crippen LogP contribution in [0.4, 0.5) is 4.39 Å². The van der Waals surface area contributed by atoms with Gasteiger partial charge in [-0.3, -0.25) is 4.79 Å². The highest BCUT2D eigenvalue weighted by molar-refractivity contribution is 6.04. The van der Waals surface area contributed by atoms with E-state index < -0.39 is 5.82 Å². The number of amides is 1. The van der Waals surface area contributed by atoms with Crippen LogP contribution in [0.5, 0.6) is 0 Å². The molecule has 6 nitrogen and oxygen atoms in total. The lowest BCUT2D eigenvalue weighted by Crippen LogP contribution is -2.44. The molecule has 2 N–H and O–H groups in total. The number of carbonyl (C=O) groups excluding carboxylic acids is 1. The van der Waals surface area contributed by atoms with Crippen molar-refractivity contribution in [2.24, 2.45) is 0 Å². The largest absolute Gasteiger partial charge is 0.381 e. The Bertz CT molecular complexity index is 920. The van der Waals surface area contributed by atoms with Gasteiger partial charge in [0, 0.05) is 31.2 Å². The molecule has 1 saturated heterocycles. The van der Waals surface area contributed by atoms with E-state index in [0.29, 0.717) is 30.8 Å². The van der Waals surface area contributed by atoms with Crippen LogP contribution in [0.25, 0.3) is 11.0 Å². The Kier molecular flexibility index (Phi) is 4.38. The summed E-state index contributed by atoms with van der Waals surface area (Å²) in [6, 6.07) is 12.6. The Morgan fingerprint density at radius 1 is 1.19 bits per heavy atom. The highest BCUT2D eigenvalue weighted by Gasteiger charge is 2.35. The maximum Gasteiger partial charge on any atom is 0.253 e. The fourth-order valence-electron chi connectivity index (χ4n) is 3.56. The molecule has 26 heavy (non-hydrogen) atoms. The monoisotopic (exact) mass is 354 g/mol. The maximum absolute atomic E-state index is 13.8. The Labute approximate surface area is 149 Å². The van der Waals surface area contributed by atoms with Gasteiger partial charge in [0.25, 0.3) is 5.91 Å². The van der Waals surface area contributed by atoms with Crippen molar-refractivity contribution in [2.45, 2.75) is 18.3 Å². The molecule has 3 aromatic rings. The van der Waals surface area contributed by atoms with Gasteiger partial charge in [0.05, 0.1) is 5.56 Å². The van der Waals surface area contributed by atoms with E-state index in [-0.39, 0.29) is 16.9 Å². The normalized spacial score (nSPS) is 16.5. The number of rotatable bonds is 4. The number of ether oxygens (including phenoxy) is 1. The molecule has 0 radical (unpaired) electrons. The molecule has 1 aliphatic rings. The Balaban J connectivity index is 1.59. The average molecular weight is 354 g/mol. The van der Waals surface area contributed by atoms with Gasteiger partial charge in [-0.2, -0.15) is 15.4 Å². The van der Waals surface area contributed by atoms with Crippen molar-refractivity contribution >= 4 is 16.9 Å². The molecule has 0 atom stereocenters. The third kappa shape index (κ3) is 3.06. The zero-order valence-electron chi connectivity index (χ0n) is 14.2. The van der Waals surface area contributed by atoms with Gasteiger partial charge in [-0.15, -0.1) is 0 Å². The molecule has 0 unspecified atom stereocenters. The number of hydrogen-bond donors (Lipinski definition) is 2. The summed E-state index contributed by atoms with van der Waals surface area (Å²) in [7, 11) is 0. The van der Waals surface area contributed by atoms with Crippen molar-refractivity contribution < 1.29 is 13.9 Å². The van der Waals surface area contributed by atoms with E-state index in [4.69, 9.17) is 4.74 Å². The molecule has 2 heterocycles. The summed E-state index contributed by atoms with van der Waals surface area (Å²) in [5, 5.41) is 13.2. The van der Waals surface area contributed by atoms with E-state index in [1.807, 2.05) is 18.2 Å². The lowest BCUT2D eigenvalue weighted by atomic mass is 9.74. The standard InChI is InChI=1S/C19H19FN4O2/c20-14-10-15(17-16(11-14)22-24-23-17)18(25)21-12-19(6-8-26-9-7-19)13-4-2-1-3-5-13/h1-5,10-11H,6-9,12H2,(H,21,25)(H,22,23,24). The van der Waals surface area contributed by atoms with Crippen molar-refractivity contribution in [2.75, 3.05) is 19.8 Å². The van der Waals surface area contributed by atoms with Crippen LogP contribution in [0, 0.1) is 5.82 Å². The quantitative estimate of drug-likeness (QED) is 0.755. The molecular formula is C19H19FN4O2. The Hall–Kier alpha value is -2.80. The van der Waals surface area contributed by atoms with Gasteiger partial charge in [-0.1, -0.05) is 30.3 Å². The summed E-state index contributed by atoms with van der Waals surface area (Å²) >= 11 is 0. The van der Waals surface area contributed by atoms with Crippen molar-refractivity contribution in [1.82, 2.24) is 20.7 Å². The molecule has 0 aliphatic carbocycles. The number of nitrogens with zero attached hydrogens (tertiary/aromatic N) is 2. The van der Waals surface area contributed by atoms with Crippen molar-refractivity contribution in [1.29, 1.82) is 0 Å². The minimum Gasteiger partial charge on any atom is -0.381 e. The number of H-pyrrole nitrogens is 1. The van der Waals surface area contributed by atoms with E-state index in [1.54, 1.807) is 0 Å². The van der Waals surface area contributed by atoms with Crippen LogP contribution in [-0.4, -0.2) is 41.1 Å². The number of aromatic nitrogens is 3. The SMILES string of the molecule is O=C(NCC1(c2ccccc2)CCOCC1)c1cc(F)cc2n[nH]nc12. The van der Waals surface area contributed by atoms with Gasteiger partial charge >= 0.3 is 0 Å². The van der Waals surface area contributed by atoms with Crippen molar-refractivity contribution in [3.05, 3.63) is 59.4 Å². The summed E-state index contributed by atoms with van der Waals surface area (Å²) in [6.45, 7) is 1.76. The molecule has 7 heteroatoms. The van der Waals surface area contributed by atoms with Crippen LogP contribution in [0.2, 0.25) is 0 Å². The predicted molar refractivity (Wildman–Crippen MR) is 94.4 cm³/mol. The van der Waals surface area contributed by atoms with Crippen LogP contribution in [0.3, 0.4) is 0 Å². The van der Waals surface area contributed by atoms with E-state index >= 15 is 0 Å². The van der Waals surface area contributed by atoms with Crippen LogP contribution < -0.4 is 5.32 Å². The Morgan fingerprint density at radius 2 is 1.96 bits per heavy atom. The first-order chi connectivity index (χ1) is 12.7. The first kappa shape index (κ1) is 16.7. The molecule has 0 saturated carbocycles. The van der Waals surface area contributed by atoms with Crippen molar-refractivity contribution in [3.8, 4) is 0 Å². The molecule has 1 aliphatic heterocycles. The molecular weight excluding hydrogens is 335 g/mol. The Morgan fingerprint density at radius 3 is 2.73 bits per heavy atom. The number of halogens is 1. The maximum atomic E-state index is 13.8. The van der Waals surface area contributed by atoms with E-state index in [2.05, 4.69) is 32.9 Å². The minimum absolute atomic E-state index is 0.184. The van der Waals surface area contributed by atoms with E-state index in [0.717, 1.165) is 12.8 Å². The second-order valence-electron chi connectivity index (χ2n) is 6.59. The number of aromatic amines is 1. The molecule has 1 fully saturated rings. The van der Waals surface area contributed by atoms with Crippen LogP contribution >= 0.6 is 0 Å². The smallest absolute Gasteiger partial charge is 0.253 e. The summed E-state index contributed by atoms with van der Waals surface area (Å²) in [5.41, 5.74) is 1.87. The van der Waals surface area contributed by atoms with Gasteiger partial charge < -0.3 is 10.1 Å². The lowest BCUT2D eigenvalue weighted by Gasteiger charge is -2.38. The number of carbonyl (C=O) groups is 1. The zero-order chi connectivity index (χ0) is 18.0. The summed E-state index contributed by atoms with van der Waals surface area (Å²) in [4.78, 5) is 12.7. The predicted octanol–water partition coefficient (Wildman–Crippen LogP) is 2.58. The van der Waals surface area contributed by atoms with Gasteiger partial charge in [-0.05, 0) is 24.5 Å². The third-order valence-electron chi connectivity index (χ3n) is 5.05. The lowest BCUT2D eigenvalue weighted by molar-refractivity contribution is 0.0487. The molecule has 134 valence electrons. The van der Waals surface area contributed by atoms with E-state index in [1.165, 1.54) is 17.7 Å². The fourth-order valence-corrected chi connectivity index (χ4v) is 3.56.